The highest BCUT2D eigenvalue weighted by atomic mass is 19.4. The maximum absolute atomic E-state index is 12.6. The Balaban J connectivity index is 0.000000318. The van der Waals surface area contributed by atoms with Crippen LogP contribution in [0.3, 0.4) is 0 Å². The van der Waals surface area contributed by atoms with Crippen molar-refractivity contribution in [2.24, 2.45) is 11.8 Å². The average molecular weight is 421 g/mol. The van der Waals surface area contributed by atoms with E-state index in [9.17, 15) is 18.0 Å². The van der Waals surface area contributed by atoms with Crippen LogP contribution >= 0.6 is 0 Å². The number of hydrogen-bond acceptors (Lipinski definition) is 4. The molecule has 160 valence electrons. The van der Waals surface area contributed by atoms with Crippen molar-refractivity contribution in [2.45, 2.75) is 12.6 Å². The molecule has 1 aromatic carbocycles. The molecule has 2 aliphatic rings. The Morgan fingerprint density at radius 1 is 1.00 bits per heavy atom. The number of nitrogens with zero attached hydrogens (tertiary/aromatic N) is 3. The first kappa shape index (κ1) is 21.6. The Labute approximate surface area is 171 Å². The number of carbonyl (C=O) groups excluding carboxylic acids is 1. The molecule has 0 aliphatic carbocycles. The van der Waals surface area contributed by atoms with E-state index in [1.54, 1.807) is 0 Å². The third kappa shape index (κ3) is 5.28. The summed E-state index contributed by atoms with van der Waals surface area (Å²) >= 11 is 0. The van der Waals surface area contributed by atoms with E-state index in [-0.39, 0.29) is 5.91 Å². The quantitative estimate of drug-likeness (QED) is 0.806. The van der Waals surface area contributed by atoms with E-state index in [0.29, 0.717) is 11.8 Å². The van der Waals surface area contributed by atoms with E-state index in [4.69, 9.17) is 9.90 Å². The molecular weight excluding hydrogens is 399 g/mol. The molecule has 2 fully saturated rings. The summed E-state index contributed by atoms with van der Waals surface area (Å²) in [4.78, 5) is 30.2. The van der Waals surface area contributed by atoms with E-state index in [0.717, 1.165) is 38.2 Å². The summed E-state index contributed by atoms with van der Waals surface area (Å²) in [6, 6.07) is 13.7. The monoisotopic (exact) mass is 421 g/mol. The Hall–Kier alpha value is -3.10. The van der Waals surface area contributed by atoms with Crippen LogP contribution in [0.25, 0.3) is 0 Å². The van der Waals surface area contributed by atoms with Gasteiger partial charge in [-0.1, -0.05) is 18.2 Å². The highest BCUT2D eigenvalue weighted by Crippen LogP contribution is 2.33. The van der Waals surface area contributed by atoms with Gasteiger partial charge < -0.3 is 14.9 Å². The van der Waals surface area contributed by atoms with Gasteiger partial charge in [0.05, 0.1) is 11.9 Å². The van der Waals surface area contributed by atoms with E-state index < -0.39 is 12.1 Å². The summed E-state index contributed by atoms with van der Waals surface area (Å²) in [5.41, 5.74) is 1.99. The van der Waals surface area contributed by atoms with Crippen molar-refractivity contribution in [3.05, 3.63) is 60.4 Å². The van der Waals surface area contributed by atoms with Gasteiger partial charge in [-0.05, 0) is 42.5 Å². The van der Waals surface area contributed by atoms with E-state index in [1.807, 2.05) is 53.7 Å². The molecule has 30 heavy (non-hydrogen) atoms. The molecule has 6 nitrogen and oxygen atoms in total. The molecule has 0 saturated carbocycles. The van der Waals surface area contributed by atoms with Gasteiger partial charge in [-0.2, -0.15) is 13.2 Å². The lowest BCUT2D eigenvalue weighted by Crippen LogP contribution is -2.40. The highest BCUT2D eigenvalue weighted by molar-refractivity contribution is 5.94. The molecule has 0 unspecified atom stereocenters. The molecular formula is C21H22F3N3O3. The lowest BCUT2D eigenvalue weighted by Gasteiger charge is -2.35. The van der Waals surface area contributed by atoms with Crippen molar-refractivity contribution >= 4 is 17.6 Å². The van der Waals surface area contributed by atoms with Crippen molar-refractivity contribution in [3.63, 3.8) is 0 Å². The SMILES string of the molecule is O=C(O)C(F)(F)F.O=C(c1ccccc1)N1C[C@@H]2CCN(c3cccnc3)C[C@@H]2C1. The maximum atomic E-state index is 12.6. The molecule has 1 amide bonds. The van der Waals surface area contributed by atoms with Crippen LogP contribution in [0.15, 0.2) is 54.9 Å². The predicted molar refractivity (Wildman–Crippen MR) is 104 cm³/mol. The molecule has 3 heterocycles. The first-order valence-corrected chi connectivity index (χ1v) is 9.55. The van der Waals surface area contributed by atoms with Crippen molar-refractivity contribution in [1.82, 2.24) is 9.88 Å². The van der Waals surface area contributed by atoms with Crippen LogP contribution in [-0.4, -0.2) is 59.2 Å². The number of carbonyl (C=O) groups is 2. The molecule has 2 aromatic rings. The van der Waals surface area contributed by atoms with Gasteiger partial charge in [-0.3, -0.25) is 9.78 Å². The van der Waals surface area contributed by atoms with Crippen molar-refractivity contribution in [2.75, 3.05) is 31.1 Å². The molecule has 1 N–H and O–H groups in total. The number of rotatable bonds is 2. The number of aromatic nitrogens is 1. The number of benzene rings is 1. The average Bonchev–Trinajstić information content (AvgIpc) is 3.17. The number of hydrogen-bond donors (Lipinski definition) is 1. The minimum atomic E-state index is -5.08. The number of aliphatic carboxylic acids is 1. The first-order chi connectivity index (χ1) is 14.3. The second-order valence-electron chi connectivity index (χ2n) is 7.35. The van der Waals surface area contributed by atoms with Crippen LogP contribution in [0, 0.1) is 11.8 Å². The number of anilines is 1. The smallest absolute Gasteiger partial charge is 0.475 e. The van der Waals surface area contributed by atoms with Crippen LogP contribution in [0.1, 0.15) is 16.8 Å². The van der Waals surface area contributed by atoms with Crippen molar-refractivity contribution < 1.29 is 27.9 Å². The van der Waals surface area contributed by atoms with Crippen molar-refractivity contribution in [3.8, 4) is 0 Å². The summed E-state index contributed by atoms with van der Waals surface area (Å²) in [5.74, 6) is -1.38. The predicted octanol–water partition coefficient (Wildman–Crippen LogP) is 3.31. The number of fused-ring (bicyclic) bond motifs is 1. The van der Waals surface area contributed by atoms with Gasteiger partial charge in [0, 0.05) is 37.9 Å². The first-order valence-electron chi connectivity index (χ1n) is 9.55. The van der Waals surface area contributed by atoms with Gasteiger partial charge in [0.15, 0.2) is 0 Å². The minimum Gasteiger partial charge on any atom is -0.475 e. The third-order valence-electron chi connectivity index (χ3n) is 5.36. The van der Waals surface area contributed by atoms with Crippen LogP contribution in [-0.2, 0) is 4.79 Å². The molecule has 2 aliphatic heterocycles. The summed E-state index contributed by atoms with van der Waals surface area (Å²) in [5, 5.41) is 7.12. The fourth-order valence-electron chi connectivity index (χ4n) is 3.87. The topological polar surface area (TPSA) is 73.7 Å². The zero-order valence-electron chi connectivity index (χ0n) is 16.1. The highest BCUT2D eigenvalue weighted by Gasteiger charge is 2.39. The lowest BCUT2D eigenvalue weighted by atomic mass is 9.88. The Morgan fingerprint density at radius 3 is 2.27 bits per heavy atom. The number of halogens is 3. The van der Waals surface area contributed by atoms with Gasteiger partial charge in [0.1, 0.15) is 0 Å². The third-order valence-corrected chi connectivity index (χ3v) is 5.36. The van der Waals surface area contributed by atoms with E-state index >= 15 is 0 Å². The van der Waals surface area contributed by atoms with E-state index in [1.165, 1.54) is 5.69 Å². The number of carboxylic acid groups (broad SMARTS) is 1. The van der Waals surface area contributed by atoms with Crippen molar-refractivity contribution in [1.29, 1.82) is 0 Å². The van der Waals surface area contributed by atoms with Gasteiger partial charge in [-0.15, -0.1) is 0 Å². The molecule has 0 spiro atoms. The summed E-state index contributed by atoms with van der Waals surface area (Å²) < 4.78 is 31.7. The fourth-order valence-corrected chi connectivity index (χ4v) is 3.87. The number of likely N-dealkylation sites (tertiary alicyclic amines) is 1. The summed E-state index contributed by atoms with van der Waals surface area (Å²) in [6.45, 7) is 3.85. The zero-order chi connectivity index (χ0) is 21.7. The molecule has 0 bridgehead atoms. The zero-order valence-corrected chi connectivity index (χ0v) is 16.1. The van der Waals surface area contributed by atoms with Gasteiger partial charge in [0.25, 0.3) is 5.91 Å². The number of carboxylic acids is 1. The number of pyridine rings is 1. The van der Waals surface area contributed by atoms with Gasteiger partial charge >= 0.3 is 12.1 Å². The van der Waals surface area contributed by atoms with Crippen LogP contribution in [0.2, 0.25) is 0 Å². The van der Waals surface area contributed by atoms with Gasteiger partial charge in [-0.25, -0.2) is 4.79 Å². The number of amides is 1. The second kappa shape index (κ2) is 9.15. The number of piperidine rings is 1. The normalized spacial score (nSPS) is 20.8. The van der Waals surface area contributed by atoms with Crippen LogP contribution in [0.5, 0.6) is 0 Å². The van der Waals surface area contributed by atoms with Gasteiger partial charge in [0.2, 0.25) is 0 Å². The largest absolute Gasteiger partial charge is 0.490 e. The fraction of sp³-hybridized carbons (Fsp3) is 0.381. The second-order valence-corrected chi connectivity index (χ2v) is 7.35. The maximum Gasteiger partial charge on any atom is 0.490 e. The Bertz CT molecular complexity index is 862. The number of alkyl halides is 3. The molecule has 2 saturated heterocycles. The molecule has 1 aromatic heterocycles. The van der Waals surface area contributed by atoms with E-state index in [2.05, 4.69) is 16.0 Å². The summed E-state index contributed by atoms with van der Waals surface area (Å²) in [6.07, 6.45) is -0.188. The molecule has 0 radical (unpaired) electrons. The Morgan fingerprint density at radius 2 is 1.67 bits per heavy atom. The molecule has 2 atom stereocenters. The van der Waals surface area contributed by atoms with Crippen LogP contribution in [0.4, 0.5) is 18.9 Å². The Kier molecular flexibility index (Phi) is 6.59. The summed E-state index contributed by atoms with van der Waals surface area (Å²) in [7, 11) is 0. The minimum absolute atomic E-state index is 0.174. The van der Waals surface area contributed by atoms with Crippen LogP contribution < -0.4 is 4.90 Å². The lowest BCUT2D eigenvalue weighted by molar-refractivity contribution is -0.192. The molecule has 9 heteroatoms. The standard InChI is InChI=1S/C19H21N3O.C2HF3O2/c23-19(15-5-2-1-3-6-15)22-12-16-8-10-21(13-17(16)14-22)18-7-4-9-20-11-18;3-2(4,5)1(6)7/h1-7,9,11,16-17H,8,10,12-14H2;(H,6,7)/t16-,17+;/m0./s1. The molecule has 4 rings (SSSR count).